The normalized spacial score (nSPS) is 10.1. The van der Waals surface area contributed by atoms with Gasteiger partial charge in [0.05, 0.1) is 0 Å². The van der Waals surface area contributed by atoms with Crippen LogP contribution in [0.25, 0.3) is 0 Å². The van der Waals surface area contributed by atoms with E-state index in [2.05, 4.69) is 0 Å². The first kappa shape index (κ1) is 45.6. The SMILES string of the molecule is [Ca+2].[La+3].[O]=[Mn](=[O])([O-])[O-].[O]=[Mn](=[O])([O-])[O-].[O]=[Mn](=[O])([O-])[O-].[O]=[Mn](=[O])([O-])[O-].[Pr+3]. The maximum atomic E-state index is 8.58. The van der Waals surface area contributed by atoms with Crippen molar-refractivity contribution in [3.63, 3.8) is 0 Å². The average molecular weight is 796 g/mol. The van der Waals surface area contributed by atoms with Gasteiger partial charge < -0.3 is 0 Å². The molecule has 0 aromatic rings. The van der Waals surface area contributed by atoms with Gasteiger partial charge in [-0.2, -0.15) is 0 Å². The van der Waals surface area contributed by atoms with Crippen LogP contribution in [0, 0.1) is 76.9 Å². The van der Waals surface area contributed by atoms with Crippen molar-refractivity contribution < 1.29 is 195 Å². The monoisotopic (exact) mass is 795 g/mol. The van der Waals surface area contributed by atoms with Gasteiger partial charge in [-0.1, -0.05) is 0 Å². The molecule has 132 valence electrons. The standard InChI is InChI=1S/Ca.La.4Mn.16O.Pr/q+2;+3;;;;;;;;;;;;;8*-1;+3. The molecular formula is CaLaMn4O16Pr. The summed E-state index contributed by atoms with van der Waals surface area (Å²) in [5, 5.41) is 0. The summed E-state index contributed by atoms with van der Waals surface area (Å²) in [5.41, 5.74) is 0. The zero-order valence-electron chi connectivity index (χ0n) is 9.91. The Balaban J connectivity index is -0.0000000284. The van der Waals surface area contributed by atoms with Gasteiger partial charge in [0.25, 0.3) is 0 Å². The minimum Gasteiger partial charge on any atom is 3.00 e. The maximum Gasteiger partial charge on any atom is 3.00 e. The van der Waals surface area contributed by atoms with Crippen LogP contribution in [-0.2, 0) is 84.2 Å². The fraction of sp³-hybridized carbons (Fsp3) is 0. The fourth-order valence-corrected chi connectivity index (χ4v) is 0. The molecule has 0 saturated heterocycles. The number of rotatable bonds is 0. The predicted octanol–water partition coefficient (Wildman–Crippen LogP) is -10.9. The summed E-state index contributed by atoms with van der Waals surface area (Å²) in [4.78, 5) is 0. The number of hydrogen-bond acceptors (Lipinski definition) is 16. The second kappa shape index (κ2) is 20.7. The molecule has 0 atom stereocenters. The second-order valence-electron chi connectivity index (χ2n) is 1.51. The van der Waals surface area contributed by atoms with Crippen molar-refractivity contribution in [2.24, 2.45) is 0 Å². The van der Waals surface area contributed by atoms with E-state index in [1.54, 1.807) is 0 Å². The summed E-state index contributed by atoms with van der Waals surface area (Å²) in [6, 6.07) is 0. The largest absolute Gasteiger partial charge is 3.00 e. The van der Waals surface area contributed by atoms with Gasteiger partial charge >= 0.3 is 232 Å². The van der Waals surface area contributed by atoms with E-state index >= 15 is 0 Å². The van der Waals surface area contributed by atoms with E-state index in [-0.39, 0.29) is 115 Å². The summed E-state index contributed by atoms with van der Waals surface area (Å²) < 4.78 is 137. The molecule has 0 radical (unpaired) electrons. The fourth-order valence-electron chi connectivity index (χ4n) is 0. The molecular weight excluding hydrogens is 796 g/mol. The van der Waals surface area contributed by atoms with Crippen LogP contribution in [0.1, 0.15) is 0 Å². The van der Waals surface area contributed by atoms with E-state index in [1.165, 1.54) is 0 Å². The molecule has 0 rings (SSSR count). The molecule has 0 unspecified atom stereocenters. The first-order chi connectivity index (χ1) is 8.00. The zero-order chi connectivity index (χ0) is 18.0. The Bertz CT molecular complexity index is 485. The third-order valence-electron chi connectivity index (χ3n) is 0. The van der Waals surface area contributed by atoms with E-state index in [4.69, 9.17) is 64.2 Å². The molecule has 16 nitrogen and oxygen atoms in total. The first-order valence-corrected chi connectivity index (χ1v) is 10.2. The van der Waals surface area contributed by atoms with Crippen molar-refractivity contribution in [2.45, 2.75) is 0 Å². The molecule has 23 heteroatoms. The minimum atomic E-state index is -5.62. The summed E-state index contributed by atoms with van der Waals surface area (Å²) in [6.07, 6.45) is 0. The van der Waals surface area contributed by atoms with Crippen molar-refractivity contribution in [1.29, 1.82) is 0 Å². The second-order valence-corrected chi connectivity index (χ2v) is 6.23. The molecule has 0 aliphatic carbocycles. The molecule has 0 aromatic carbocycles. The molecule has 0 aliphatic heterocycles. The van der Waals surface area contributed by atoms with E-state index in [1.807, 2.05) is 0 Å². The van der Waals surface area contributed by atoms with Crippen molar-refractivity contribution in [3.8, 4) is 0 Å². The third-order valence-corrected chi connectivity index (χ3v) is 0. The van der Waals surface area contributed by atoms with Crippen molar-refractivity contribution in [3.05, 3.63) is 0 Å². The molecule has 0 aromatic heterocycles. The van der Waals surface area contributed by atoms with Crippen LogP contribution in [0.5, 0.6) is 0 Å². The summed E-state index contributed by atoms with van der Waals surface area (Å²) in [6.45, 7) is 0. The third kappa shape index (κ3) is 945. The van der Waals surface area contributed by atoms with Crippen LogP contribution in [0.3, 0.4) is 0 Å². The van der Waals surface area contributed by atoms with Crippen LogP contribution >= 0.6 is 0 Å². The molecule has 0 bridgehead atoms. The Morgan fingerprint density at radius 1 is 0.391 bits per heavy atom. The summed E-state index contributed by atoms with van der Waals surface area (Å²) in [5.74, 6) is 0. The van der Waals surface area contributed by atoms with Gasteiger partial charge in [-0.15, -0.1) is 0 Å². The average Bonchev–Trinajstić information content (AvgIpc) is 1.62. The molecule has 0 N–H and O–H groups in total. The molecule has 0 saturated carbocycles. The zero-order valence-corrected chi connectivity index (χ0v) is 24.2. The molecule has 0 aliphatic rings. The van der Waals surface area contributed by atoms with Crippen LogP contribution in [-0.4, -0.2) is 37.7 Å². The van der Waals surface area contributed by atoms with Crippen molar-refractivity contribution in [1.82, 2.24) is 0 Å². The first-order valence-electron chi connectivity index (χ1n) is 2.47. The molecule has 0 spiro atoms. The molecule has 23 heavy (non-hydrogen) atoms. The van der Waals surface area contributed by atoms with Crippen molar-refractivity contribution >= 4 is 37.7 Å². The quantitative estimate of drug-likeness (QED) is 0.206. The topological polar surface area (TPSA) is 321 Å². The Kier molecular flexibility index (Phi) is 41.1. The minimum absolute atomic E-state index is 0. The van der Waals surface area contributed by atoms with E-state index in [0.717, 1.165) is 0 Å². The van der Waals surface area contributed by atoms with Gasteiger partial charge in [-0.05, 0) is 0 Å². The Hall–Kier alpha value is 3.98. The van der Waals surface area contributed by atoms with Crippen LogP contribution in [0.2, 0.25) is 0 Å². The Morgan fingerprint density at radius 3 is 0.391 bits per heavy atom. The predicted molar refractivity (Wildman–Crippen MR) is 11.2 cm³/mol. The molecule has 0 fully saturated rings. The van der Waals surface area contributed by atoms with Gasteiger partial charge in [0.15, 0.2) is 0 Å². The molecule has 0 heterocycles. The van der Waals surface area contributed by atoms with E-state index in [9.17, 15) is 0 Å². The van der Waals surface area contributed by atoms with Gasteiger partial charge in [0, 0.05) is 0 Å². The number of hydrogen-bond donors (Lipinski definition) is 0. The van der Waals surface area contributed by atoms with Gasteiger partial charge in [-0.25, -0.2) is 0 Å². The Morgan fingerprint density at radius 2 is 0.391 bits per heavy atom. The van der Waals surface area contributed by atoms with E-state index in [0.29, 0.717) is 0 Å². The van der Waals surface area contributed by atoms with Crippen LogP contribution < -0.4 is 33.5 Å². The summed E-state index contributed by atoms with van der Waals surface area (Å²) in [7, 11) is 0. The van der Waals surface area contributed by atoms with Gasteiger partial charge in [0.2, 0.25) is 0 Å². The smallest absolute Gasteiger partial charge is 3.00 e. The maximum absolute atomic E-state index is 8.58. The van der Waals surface area contributed by atoms with Crippen molar-refractivity contribution in [2.75, 3.05) is 0 Å². The van der Waals surface area contributed by atoms with E-state index < -0.39 is 53.5 Å². The van der Waals surface area contributed by atoms with Gasteiger partial charge in [0.1, 0.15) is 0 Å². The Labute approximate surface area is 227 Å². The van der Waals surface area contributed by atoms with Crippen LogP contribution in [0.4, 0.5) is 0 Å². The van der Waals surface area contributed by atoms with Gasteiger partial charge in [-0.3, -0.25) is 0 Å². The molecule has 0 amide bonds. The summed E-state index contributed by atoms with van der Waals surface area (Å²) >= 11 is -22.5. The van der Waals surface area contributed by atoms with Crippen LogP contribution in [0.15, 0.2) is 0 Å².